The first-order chi connectivity index (χ1) is 6.03. The van der Waals surface area contributed by atoms with E-state index >= 15 is 0 Å². The first kappa shape index (κ1) is 10.0. The Morgan fingerprint density at radius 2 is 2.15 bits per heavy atom. The van der Waals surface area contributed by atoms with Gasteiger partial charge in [0.15, 0.2) is 0 Å². The molecule has 0 aliphatic heterocycles. The van der Waals surface area contributed by atoms with Crippen LogP contribution in [0, 0.1) is 0 Å². The smallest absolute Gasteiger partial charge is 0.229 e. The molecule has 0 bridgehead atoms. The Labute approximate surface area is 77.5 Å². The van der Waals surface area contributed by atoms with Gasteiger partial charge in [-0.05, 0) is 6.92 Å². The number of hydrogen-bond donors (Lipinski definition) is 1. The van der Waals surface area contributed by atoms with Crippen LogP contribution in [0.4, 0.5) is 5.82 Å². The molecule has 1 heterocycles. The van der Waals surface area contributed by atoms with Crippen LogP contribution in [0.2, 0.25) is 0 Å². The van der Waals surface area contributed by atoms with E-state index in [1.54, 1.807) is 6.92 Å². The van der Waals surface area contributed by atoms with E-state index in [1.165, 1.54) is 10.8 Å². The zero-order valence-corrected chi connectivity index (χ0v) is 8.50. The van der Waals surface area contributed by atoms with Gasteiger partial charge < -0.3 is 10.3 Å². The van der Waals surface area contributed by atoms with Crippen LogP contribution in [0.1, 0.15) is 13.8 Å². The van der Waals surface area contributed by atoms with Crippen molar-refractivity contribution in [3.63, 3.8) is 0 Å². The second kappa shape index (κ2) is 3.37. The number of anilines is 1. The summed E-state index contributed by atoms with van der Waals surface area (Å²) in [5, 5.41) is 0.0648. The van der Waals surface area contributed by atoms with Gasteiger partial charge in [0.05, 0.1) is 11.9 Å². The summed E-state index contributed by atoms with van der Waals surface area (Å²) < 4.78 is 24.4. The number of hydrogen-bond acceptors (Lipinski definition) is 4. The minimum atomic E-state index is -3.25. The minimum absolute atomic E-state index is 0.0451. The highest BCUT2D eigenvalue weighted by Crippen LogP contribution is 2.13. The first-order valence-electron chi connectivity index (χ1n) is 4.06. The lowest BCUT2D eigenvalue weighted by Crippen LogP contribution is -2.13. The van der Waals surface area contributed by atoms with Gasteiger partial charge in [-0.1, -0.05) is 6.92 Å². The minimum Gasteiger partial charge on any atom is -0.384 e. The van der Waals surface area contributed by atoms with Crippen LogP contribution < -0.4 is 5.73 Å². The van der Waals surface area contributed by atoms with Crippen molar-refractivity contribution < 1.29 is 8.42 Å². The van der Waals surface area contributed by atoms with E-state index in [0.717, 1.165) is 0 Å². The van der Waals surface area contributed by atoms with Crippen molar-refractivity contribution in [3.8, 4) is 0 Å². The summed E-state index contributed by atoms with van der Waals surface area (Å²) in [7, 11) is -3.25. The lowest BCUT2D eigenvalue weighted by molar-refractivity contribution is 0.571. The predicted octanol–water partition coefficient (Wildman–Crippen LogP) is 0.279. The van der Waals surface area contributed by atoms with Gasteiger partial charge >= 0.3 is 0 Å². The molecular weight excluding hydrogens is 190 g/mol. The van der Waals surface area contributed by atoms with E-state index in [4.69, 9.17) is 5.73 Å². The number of nitrogen functional groups attached to an aromatic ring is 1. The summed E-state index contributed by atoms with van der Waals surface area (Å²) in [4.78, 5) is 3.78. The maximum Gasteiger partial charge on any atom is 0.229 e. The number of imidazole rings is 1. The molecule has 1 rings (SSSR count). The molecule has 0 amide bonds. The van der Waals surface area contributed by atoms with Gasteiger partial charge in [-0.3, -0.25) is 0 Å². The third-order valence-corrected chi connectivity index (χ3v) is 3.47. The Hall–Kier alpha value is -1.04. The zero-order valence-electron chi connectivity index (χ0n) is 7.69. The molecule has 0 fully saturated rings. The van der Waals surface area contributed by atoms with Gasteiger partial charge in [-0.15, -0.1) is 0 Å². The molecule has 0 atom stereocenters. The van der Waals surface area contributed by atoms with Gasteiger partial charge in [0.1, 0.15) is 5.82 Å². The number of aromatic nitrogens is 2. The zero-order chi connectivity index (χ0) is 10.1. The molecule has 1 aromatic rings. The first-order valence-corrected chi connectivity index (χ1v) is 5.72. The van der Waals surface area contributed by atoms with Crippen LogP contribution in [0.25, 0.3) is 0 Å². The summed E-state index contributed by atoms with van der Waals surface area (Å²) in [5.41, 5.74) is 5.54. The molecule has 1 aromatic heterocycles. The molecule has 0 radical (unpaired) electrons. The lowest BCUT2D eigenvalue weighted by Gasteiger charge is -2.05. The normalized spacial score (nSPS) is 11.8. The Morgan fingerprint density at radius 3 is 2.62 bits per heavy atom. The summed E-state index contributed by atoms with van der Waals surface area (Å²) in [6.07, 6.45) is 1.37. The molecule has 0 aliphatic rings. The quantitative estimate of drug-likeness (QED) is 0.765. The molecule has 5 nitrogen and oxygen atoms in total. The number of rotatable bonds is 3. The molecule has 6 heteroatoms. The van der Waals surface area contributed by atoms with Crippen molar-refractivity contribution in [1.82, 2.24) is 9.55 Å². The third-order valence-electron chi connectivity index (χ3n) is 1.82. The van der Waals surface area contributed by atoms with Crippen LogP contribution in [-0.2, 0) is 16.4 Å². The average molecular weight is 203 g/mol. The molecule has 0 unspecified atom stereocenters. The highest BCUT2D eigenvalue weighted by atomic mass is 32.2. The predicted molar refractivity (Wildman–Crippen MR) is 50.0 cm³/mol. The fourth-order valence-electron chi connectivity index (χ4n) is 1.07. The van der Waals surface area contributed by atoms with Gasteiger partial charge in [-0.25, -0.2) is 13.4 Å². The van der Waals surface area contributed by atoms with Crippen molar-refractivity contribution in [2.75, 3.05) is 11.5 Å². The Morgan fingerprint density at radius 1 is 1.54 bits per heavy atom. The molecule has 0 aromatic carbocycles. The topological polar surface area (TPSA) is 78.0 Å². The maximum absolute atomic E-state index is 11.5. The van der Waals surface area contributed by atoms with Crippen LogP contribution in [0.15, 0.2) is 11.4 Å². The Bertz CT molecular complexity index is 394. The van der Waals surface area contributed by atoms with Crippen molar-refractivity contribution in [2.45, 2.75) is 25.5 Å². The number of sulfone groups is 1. The van der Waals surface area contributed by atoms with Crippen molar-refractivity contribution in [2.24, 2.45) is 0 Å². The maximum atomic E-state index is 11.5. The third kappa shape index (κ3) is 1.67. The standard InChI is InChI=1S/C7H13N3O2S/c1-3-10-6(8)5-9-7(10)13(11,12)4-2/h5H,3-4,8H2,1-2H3. The van der Waals surface area contributed by atoms with Gasteiger partial charge in [0.25, 0.3) is 0 Å². The van der Waals surface area contributed by atoms with E-state index in [0.29, 0.717) is 12.4 Å². The fraction of sp³-hybridized carbons (Fsp3) is 0.571. The summed E-state index contributed by atoms with van der Waals surface area (Å²) in [5.74, 6) is 0.429. The van der Waals surface area contributed by atoms with Crippen LogP contribution in [0.5, 0.6) is 0 Å². The second-order valence-electron chi connectivity index (χ2n) is 2.61. The largest absolute Gasteiger partial charge is 0.384 e. The highest BCUT2D eigenvalue weighted by Gasteiger charge is 2.19. The molecule has 13 heavy (non-hydrogen) atoms. The molecule has 0 aliphatic carbocycles. The van der Waals surface area contributed by atoms with E-state index in [9.17, 15) is 8.42 Å². The second-order valence-corrected chi connectivity index (χ2v) is 4.79. The van der Waals surface area contributed by atoms with E-state index < -0.39 is 9.84 Å². The molecular formula is C7H13N3O2S. The van der Waals surface area contributed by atoms with Gasteiger partial charge in [-0.2, -0.15) is 0 Å². The number of nitrogens with two attached hydrogens (primary N) is 1. The summed E-state index contributed by atoms with van der Waals surface area (Å²) in [6, 6.07) is 0. The SMILES string of the molecule is CCn1c(N)cnc1S(=O)(=O)CC. The van der Waals surface area contributed by atoms with E-state index in [-0.39, 0.29) is 10.9 Å². The molecule has 2 N–H and O–H groups in total. The van der Waals surface area contributed by atoms with Crippen molar-refractivity contribution in [3.05, 3.63) is 6.20 Å². The van der Waals surface area contributed by atoms with E-state index in [2.05, 4.69) is 4.98 Å². The lowest BCUT2D eigenvalue weighted by atomic mass is 10.7. The fourth-order valence-corrected chi connectivity index (χ4v) is 2.11. The number of nitrogens with zero attached hydrogens (tertiary/aromatic N) is 2. The Kier molecular flexibility index (Phi) is 2.60. The molecule has 0 saturated heterocycles. The van der Waals surface area contributed by atoms with Crippen LogP contribution in [-0.4, -0.2) is 23.7 Å². The molecule has 0 saturated carbocycles. The summed E-state index contributed by atoms with van der Waals surface area (Å²) in [6.45, 7) is 3.92. The van der Waals surface area contributed by atoms with Crippen molar-refractivity contribution in [1.29, 1.82) is 0 Å². The Balaban J connectivity index is 3.31. The highest BCUT2D eigenvalue weighted by molar-refractivity contribution is 7.91. The van der Waals surface area contributed by atoms with Crippen molar-refractivity contribution >= 4 is 15.7 Å². The monoisotopic (exact) mass is 203 g/mol. The molecule has 74 valence electrons. The van der Waals surface area contributed by atoms with Crippen LogP contribution >= 0.6 is 0 Å². The average Bonchev–Trinajstić information content (AvgIpc) is 2.47. The van der Waals surface area contributed by atoms with Crippen LogP contribution in [0.3, 0.4) is 0 Å². The van der Waals surface area contributed by atoms with E-state index in [1.807, 2.05) is 6.92 Å². The molecule has 0 spiro atoms. The summed E-state index contributed by atoms with van der Waals surface area (Å²) >= 11 is 0. The van der Waals surface area contributed by atoms with Gasteiger partial charge in [0.2, 0.25) is 15.0 Å². The van der Waals surface area contributed by atoms with Gasteiger partial charge in [0, 0.05) is 6.54 Å².